The molecule has 4 N–H and O–H groups in total. The Morgan fingerprint density at radius 1 is 0.247 bits per heavy atom. The van der Waals surface area contributed by atoms with Crippen LogP contribution in [0.5, 0.6) is 0 Å². The second-order valence-electron chi connectivity index (χ2n) is 31.7. The number of carboxylic acid groups (broad SMARTS) is 2. The molecule has 740 valence electrons. The number of hydrogen-bond donors (Lipinski definition) is 4. The second-order valence-corrected chi connectivity index (χ2v) is 31.7. The number of rotatable bonds is 16. The van der Waals surface area contributed by atoms with Crippen molar-refractivity contribution in [3.63, 3.8) is 0 Å². The number of carbonyl (C=O) groups is 2. The van der Waals surface area contributed by atoms with Gasteiger partial charge in [0.2, 0.25) is 0 Å². The van der Waals surface area contributed by atoms with E-state index in [-0.39, 0.29) is 122 Å². The normalized spacial score (nSPS) is 10.1. The molecule has 0 saturated heterocycles. The molecule has 0 atom stereocenters. The predicted octanol–water partition coefficient (Wildman–Crippen LogP) is 26.0. The average molecular weight is 2640 g/mol. The third kappa shape index (κ3) is 32.4. The van der Waals surface area contributed by atoms with E-state index in [4.69, 9.17) is 20.4 Å². The number of aryl methyl sites for hydroxylation is 8. The van der Waals surface area contributed by atoms with Crippen molar-refractivity contribution in [2.24, 2.45) is 0 Å². The number of benzene rings is 8. The van der Waals surface area contributed by atoms with Crippen LogP contribution in [-0.2, 0) is 93.6 Å². The molecule has 0 spiro atoms. The maximum Gasteiger partial charge on any atom is 0.353 e. The van der Waals surface area contributed by atoms with E-state index < -0.39 is 35.2 Å². The summed E-state index contributed by atoms with van der Waals surface area (Å²) in [6.07, 6.45) is 14.5. The number of pyridine rings is 12. The Balaban J connectivity index is 0.000000185. The van der Waals surface area contributed by atoms with Gasteiger partial charge >= 0.3 is 11.9 Å². The molecule has 8 aromatic carbocycles. The van der Waals surface area contributed by atoms with Crippen molar-refractivity contribution in [1.82, 2.24) is 59.8 Å². The molecule has 146 heavy (non-hydrogen) atoms. The smallest absolute Gasteiger partial charge is 0.353 e. The van der Waals surface area contributed by atoms with Crippen LogP contribution in [0.4, 0.5) is 17.6 Å². The van der Waals surface area contributed by atoms with Crippen LogP contribution in [0.2, 0.25) is 0 Å². The number of carboxylic acids is 2. The van der Waals surface area contributed by atoms with Gasteiger partial charge in [0.15, 0.2) is 0 Å². The third-order valence-electron chi connectivity index (χ3n) is 21.3. The first-order valence-electron chi connectivity index (χ1n) is 44.7. The average Bonchev–Trinajstić information content (AvgIpc) is 0.807. The van der Waals surface area contributed by atoms with Crippen LogP contribution in [0, 0.1) is 127 Å². The Labute approximate surface area is 900 Å². The largest absolute Gasteiger partial charge is 0.477 e. The van der Waals surface area contributed by atoms with E-state index in [1.165, 1.54) is 68.8 Å². The molecular formula is C120H92F4Ir4N12O6-8. The topological polar surface area (TPSA) is 270 Å². The summed E-state index contributed by atoms with van der Waals surface area (Å²) in [6, 6.07) is 119. The van der Waals surface area contributed by atoms with Gasteiger partial charge in [0.1, 0.15) is 11.4 Å². The molecular weight excluding hydrogens is 2550 g/mol. The Bertz CT molecular complexity index is 6820. The monoisotopic (exact) mass is 2640 g/mol. The van der Waals surface area contributed by atoms with Gasteiger partial charge in [-0.05, 0) is 95.6 Å². The Hall–Kier alpha value is -15.3. The molecule has 20 aromatic rings. The zero-order valence-corrected chi connectivity index (χ0v) is 89.5. The minimum Gasteiger partial charge on any atom is -0.477 e. The fourth-order valence-electron chi connectivity index (χ4n) is 14.6. The van der Waals surface area contributed by atoms with Crippen molar-refractivity contribution in [2.45, 2.75) is 68.6 Å². The molecule has 0 fully saturated rings. The third-order valence-corrected chi connectivity index (χ3v) is 21.3. The molecule has 12 aromatic heterocycles. The minimum absolute atomic E-state index is 0. The Kier molecular flexibility index (Phi) is 45.3. The fourth-order valence-corrected chi connectivity index (χ4v) is 14.6. The first kappa shape index (κ1) is 114. The molecule has 12 heterocycles. The van der Waals surface area contributed by atoms with Crippen LogP contribution in [0.3, 0.4) is 0 Å². The molecule has 0 aliphatic rings. The van der Waals surface area contributed by atoms with Crippen molar-refractivity contribution in [1.29, 1.82) is 0 Å². The number of hydrogen-bond acceptors (Lipinski definition) is 16. The zero-order valence-electron chi connectivity index (χ0n) is 79.9. The molecule has 0 aliphatic carbocycles. The molecule has 0 bridgehead atoms. The SMILES string of the molecule is Cc1cc(C)c(-c2ccccn2)[c-]c1-c1ccccn1.Cc1cc(C)c(-c2ccccn2)[c-]c1-c1ccccn1.Cc1cc(C)c(-c2ccccn2)[c-]c1-c1ccccn1.Cc1cc(C)c(-c2ccccn2)[c-]c1-c1ccccn1.O=C(O)c1cccc(-c2[c-]cc(F)cc2F)n1.O=C(O)c1cccc(-c2[c-]cccc2)n1.OCc1cccc(-c2[c-]cc(F)cc2F)n1.OCc1cccc(-c2[c-]cccc2)n1.[Ir].[Ir].[Ir].[Ir]. The van der Waals surface area contributed by atoms with Gasteiger partial charge in [-0.1, -0.05) is 269 Å². The Morgan fingerprint density at radius 3 is 0.692 bits per heavy atom. The van der Waals surface area contributed by atoms with E-state index in [0.717, 1.165) is 125 Å². The van der Waals surface area contributed by atoms with Crippen molar-refractivity contribution in [3.05, 3.63) is 504 Å². The number of aromatic nitrogens is 12. The van der Waals surface area contributed by atoms with Crippen LogP contribution in [0.15, 0.2) is 365 Å². The van der Waals surface area contributed by atoms with Gasteiger partial charge in [-0.25, -0.2) is 9.59 Å². The standard InChI is InChI=1S/4C18H15N2.C12H6F2NO2.C12H8F2NO.C12H8NO2.C12H10NO.4Ir/c4*1-13-11-14(2)16(18-8-4-6-10-20-18)12-15(13)17-7-3-5-9-19-17;13-7-4-5-8(9(14)6-7)10-2-1-3-11(15-10)12(16)17;13-8-4-5-10(11(14)6-8)12-3-1-2-9(7-16)15-12;14-12(15)11-8-4-7-10(13-11)9-5-2-1-3-6-9;14-9-11-7-4-8-12(13-11)10-5-2-1-3-6-10;;;;/h4*3-11H,1-2H3;1-4,6H,(H,16,17);1-4,6,16H,7H2;1-5,7-8H,(H,14,15);1-5,7-8,14H,9H2;;;;/q8*-1;;;;. The van der Waals surface area contributed by atoms with Gasteiger partial charge < -0.3 is 20.4 Å². The second kappa shape index (κ2) is 57.9. The molecule has 0 amide bonds. The Morgan fingerprint density at radius 2 is 0.466 bits per heavy atom. The van der Waals surface area contributed by atoms with E-state index in [1.54, 1.807) is 42.5 Å². The number of aromatic carboxylic acids is 2. The molecule has 0 saturated carbocycles. The van der Waals surface area contributed by atoms with Crippen molar-refractivity contribution in [2.75, 3.05) is 0 Å². The van der Waals surface area contributed by atoms with Crippen molar-refractivity contribution < 1.29 is 128 Å². The summed E-state index contributed by atoms with van der Waals surface area (Å²) in [6.45, 7) is 16.5. The van der Waals surface area contributed by atoms with Gasteiger partial charge in [0.05, 0.1) is 24.6 Å². The maximum absolute atomic E-state index is 13.4. The first-order chi connectivity index (χ1) is 69.0. The summed E-state index contributed by atoms with van der Waals surface area (Å²) in [7, 11) is 0. The van der Waals surface area contributed by atoms with Crippen LogP contribution >= 0.6 is 0 Å². The summed E-state index contributed by atoms with van der Waals surface area (Å²) < 4.78 is 52.2. The van der Waals surface area contributed by atoms with Gasteiger partial charge in [-0.15, -0.1) is 189 Å². The van der Waals surface area contributed by atoms with E-state index in [0.29, 0.717) is 28.8 Å². The molecule has 4 radical (unpaired) electrons. The van der Waals surface area contributed by atoms with E-state index in [9.17, 15) is 27.2 Å². The van der Waals surface area contributed by atoms with Crippen LogP contribution in [0.1, 0.15) is 76.9 Å². The van der Waals surface area contributed by atoms with Gasteiger partial charge in [0, 0.05) is 199 Å². The summed E-state index contributed by atoms with van der Waals surface area (Å²) in [5.74, 6) is -5.22. The van der Waals surface area contributed by atoms with E-state index >= 15 is 0 Å². The van der Waals surface area contributed by atoms with Crippen LogP contribution in [-0.4, -0.2) is 92.2 Å². The van der Waals surface area contributed by atoms with Gasteiger partial charge in [-0.2, -0.15) is 0 Å². The predicted molar refractivity (Wildman–Crippen MR) is 544 cm³/mol. The number of halogens is 4. The summed E-state index contributed by atoms with van der Waals surface area (Å²) in [5, 5.41) is 35.4. The van der Waals surface area contributed by atoms with Crippen molar-refractivity contribution in [3.8, 4) is 135 Å². The van der Waals surface area contributed by atoms with Crippen LogP contribution in [0.25, 0.3) is 135 Å². The minimum atomic E-state index is -1.21. The zero-order chi connectivity index (χ0) is 100. The summed E-state index contributed by atoms with van der Waals surface area (Å²) in [5.41, 5.74) is 29.9. The molecule has 26 heteroatoms. The molecule has 18 nitrogen and oxygen atoms in total. The quantitative estimate of drug-likeness (QED) is 0.0517. The summed E-state index contributed by atoms with van der Waals surface area (Å²) in [4.78, 5) is 72.8. The molecule has 0 unspecified atom stereocenters. The number of aliphatic hydroxyl groups is 2. The first-order valence-corrected chi connectivity index (χ1v) is 44.7. The maximum atomic E-state index is 13.4. The van der Waals surface area contributed by atoms with Gasteiger partial charge in [-0.3, -0.25) is 77.4 Å². The fraction of sp³-hybridized carbons (Fsp3) is 0.0833. The molecule has 20 rings (SSSR count). The summed E-state index contributed by atoms with van der Waals surface area (Å²) >= 11 is 0. The van der Waals surface area contributed by atoms with E-state index in [1.807, 2.05) is 250 Å². The van der Waals surface area contributed by atoms with Crippen LogP contribution < -0.4 is 0 Å². The van der Waals surface area contributed by atoms with E-state index in [2.05, 4.69) is 188 Å². The number of nitrogens with zero attached hydrogens (tertiary/aromatic N) is 12. The number of aliphatic hydroxyl groups excluding tert-OH is 2. The van der Waals surface area contributed by atoms with Crippen molar-refractivity contribution >= 4 is 11.9 Å². The van der Waals surface area contributed by atoms with Gasteiger partial charge in [0.25, 0.3) is 0 Å². The molecule has 0 aliphatic heterocycles.